The summed E-state index contributed by atoms with van der Waals surface area (Å²) in [4.78, 5) is 13.7. The van der Waals surface area contributed by atoms with Gasteiger partial charge in [-0.1, -0.05) is 13.0 Å². The Labute approximate surface area is 111 Å². The maximum Gasteiger partial charge on any atom is 0.237 e. The minimum Gasteiger partial charge on any atom is -0.355 e. The zero-order valence-electron chi connectivity index (χ0n) is 10.8. The van der Waals surface area contributed by atoms with Gasteiger partial charge in [0.05, 0.1) is 11.6 Å². The Hall–Kier alpha value is -1.93. The van der Waals surface area contributed by atoms with Crippen molar-refractivity contribution in [1.82, 2.24) is 10.2 Å². The third-order valence-electron chi connectivity index (χ3n) is 3.40. The van der Waals surface area contributed by atoms with Crippen molar-refractivity contribution in [3.05, 3.63) is 35.1 Å². The summed E-state index contributed by atoms with van der Waals surface area (Å²) in [6.07, 6.45) is 0.791. The molecule has 1 N–H and O–H groups in total. The summed E-state index contributed by atoms with van der Waals surface area (Å²) in [6, 6.07) is 6.21. The molecule has 100 valence electrons. The van der Waals surface area contributed by atoms with E-state index in [1.807, 2.05) is 17.9 Å². The first kappa shape index (κ1) is 13.5. The number of rotatable bonds is 4. The van der Waals surface area contributed by atoms with Crippen LogP contribution in [0.3, 0.4) is 0 Å². The van der Waals surface area contributed by atoms with Crippen LogP contribution in [-0.4, -0.2) is 29.9 Å². The normalized spacial score (nSPS) is 18.4. The highest BCUT2D eigenvalue weighted by Gasteiger charge is 2.29. The Morgan fingerprint density at radius 1 is 1.58 bits per heavy atom. The number of nitrogens with zero attached hydrogens (tertiary/aromatic N) is 2. The molecule has 1 aliphatic rings. The largest absolute Gasteiger partial charge is 0.355 e. The van der Waals surface area contributed by atoms with Crippen LogP contribution < -0.4 is 5.32 Å². The van der Waals surface area contributed by atoms with Crippen LogP contribution in [-0.2, 0) is 11.3 Å². The summed E-state index contributed by atoms with van der Waals surface area (Å²) in [5.41, 5.74) is 0.893. The minimum absolute atomic E-state index is 0.0458. The fourth-order valence-corrected chi connectivity index (χ4v) is 2.36. The second-order valence-electron chi connectivity index (χ2n) is 4.58. The van der Waals surface area contributed by atoms with Gasteiger partial charge >= 0.3 is 0 Å². The van der Waals surface area contributed by atoms with E-state index >= 15 is 0 Å². The SMILES string of the molecule is CCN(Cc1ccc(F)c(C#N)c1)C1CCNC1=O. The van der Waals surface area contributed by atoms with Crippen molar-refractivity contribution in [3.63, 3.8) is 0 Å². The molecule has 1 aromatic rings. The zero-order chi connectivity index (χ0) is 13.8. The minimum atomic E-state index is -0.507. The molecule has 1 aromatic carbocycles. The standard InChI is InChI=1S/C14H16FN3O/c1-2-18(13-5-6-17-14(13)19)9-10-3-4-12(15)11(7-10)8-16/h3-4,7,13H,2,5-6,9H2,1H3,(H,17,19). The first-order chi connectivity index (χ1) is 9.15. The number of hydrogen-bond donors (Lipinski definition) is 1. The summed E-state index contributed by atoms with van der Waals surface area (Å²) >= 11 is 0. The quantitative estimate of drug-likeness (QED) is 0.891. The van der Waals surface area contributed by atoms with Crippen LogP contribution in [0, 0.1) is 17.1 Å². The third kappa shape index (κ3) is 2.91. The van der Waals surface area contributed by atoms with Gasteiger partial charge in [-0.05, 0) is 30.7 Å². The number of amides is 1. The molecule has 1 saturated heterocycles. The van der Waals surface area contributed by atoms with E-state index in [2.05, 4.69) is 5.32 Å². The lowest BCUT2D eigenvalue weighted by Gasteiger charge is -2.25. The predicted octanol–water partition coefficient (Wildman–Crippen LogP) is 1.41. The fraction of sp³-hybridized carbons (Fsp3) is 0.429. The van der Waals surface area contributed by atoms with E-state index < -0.39 is 5.82 Å². The number of nitrogens with one attached hydrogen (secondary N) is 1. The monoisotopic (exact) mass is 261 g/mol. The Morgan fingerprint density at radius 3 is 2.95 bits per heavy atom. The lowest BCUT2D eigenvalue weighted by Crippen LogP contribution is -2.40. The van der Waals surface area contributed by atoms with E-state index in [1.54, 1.807) is 12.1 Å². The molecular weight excluding hydrogens is 245 g/mol. The second-order valence-corrected chi connectivity index (χ2v) is 4.58. The molecule has 1 heterocycles. The summed E-state index contributed by atoms with van der Waals surface area (Å²) in [6.45, 7) is 3.97. The molecule has 4 nitrogen and oxygen atoms in total. The number of benzene rings is 1. The van der Waals surface area contributed by atoms with E-state index in [4.69, 9.17) is 5.26 Å². The van der Waals surface area contributed by atoms with Gasteiger partial charge in [0.25, 0.3) is 0 Å². The molecule has 0 aromatic heterocycles. The van der Waals surface area contributed by atoms with E-state index in [0.29, 0.717) is 13.1 Å². The highest BCUT2D eigenvalue weighted by molar-refractivity contribution is 5.83. The summed E-state index contributed by atoms with van der Waals surface area (Å²) < 4.78 is 13.3. The molecule has 1 unspecified atom stereocenters. The molecule has 0 bridgehead atoms. The van der Waals surface area contributed by atoms with Crippen molar-refractivity contribution in [3.8, 4) is 6.07 Å². The first-order valence-electron chi connectivity index (χ1n) is 6.36. The molecular formula is C14H16FN3O. The van der Waals surface area contributed by atoms with Crippen LogP contribution >= 0.6 is 0 Å². The van der Waals surface area contributed by atoms with Gasteiger partial charge < -0.3 is 5.32 Å². The number of halogens is 1. The van der Waals surface area contributed by atoms with Crippen molar-refractivity contribution in [1.29, 1.82) is 5.26 Å². The lowest BCUT2D eigenvalue weighted by atomic mass is 10.1. The molecule has 1 amide bonds. The molecule has 1 aliphatic heterocycles. The smallest absolute Gasteiger partial charge is 0.237 e. The molecule has 0 aliphatic carbocycles. The highest BCUT2D eigenvalue weighted by Crippen LogP contribution is 2.16. The van der Waals surface area contributed by atoms with Gasteiger partial charge in [-0.15, -0.1) is 0 Å². The Kier molecular flexibility index (Phi) is 4.13. The molecule has 0 saturated carbocycles. The van der Waals surface area contributed by atoms with Crippen molar-refractivity contribution in [2.45, 2.75) is 25.9 Å². The van der Waals surface area contributed by atoms with Gasteiger partial charge in [0, 0.05) is 13.1 Å². The van der Waals surface area contributed by atoms with E-state index in [-0.39, 0.29) is 17.5 Å². The highest BCUT2D eigenvalue weighted by atomic mass is 19.1. The van der Waals surface area contributed by atoms with Crippen LogP contribution in [0.1, 0.15) is 24.5 Å². The number of carbonyl (C=O) groups is 1. The lowest BCUT2D eigenvalue weighted by molar-refractivity contribution is -0.123. The summed E-state index contributed by atoms with van der Waals surface area (Å²) in [5.74, 6) is -0.461. The molecule has 0 spiro atoms. The molecule has 5 heteroatoms. The van der Waals surface area contributed by atoms with Crippen LogP contribution in [0.15, 0.2) is 18.2 Å². The van der Waals surface area contributed by atoms with E-state index in [1.165, 1.54) is 6.07 Å². The Morgan fingerprint density at radius 2 is 2.37 bits per heavy atom. The number of nitriles is 1. The van der Waals surface area contributed by atoms with Crippen LogP contribution in [0.2, 0.25) is 0 Å². The summed E-state index contributed by atoms with van der Waals surface area (Å²) in [5, 5.41) is 11.6. The first-order valence-corrected chi connectivity index (χ1v) is 6.36. The van der Waals surface area contributed by atoms with Gasteiger partial charge in [0.2, 0.25) is 5.91 Å². The summed E-state index contributed by atoms with van der Waals surface area (Å²) in [7, 11) is 0. The van der Waals surface area contributed by atoms with E-state index in [0.717, 1.165) is 18.5 Å². The van der Waals surface area contributed by atoms with Crippen LogP contribution in [0.4, 0.5) is 4.39 Å². The topological polar surface area (TPSA) is 56.1 Å². The average Bonchev–Trinajstić information content (AvgIpc) is 2.84. The number of carbonyl (C=O) groups excluding carboxylic acids is 1. The third-order valence-corrected chi connectivity index (χ3v) is 3.40. The zero-order valence-corrected chi connectivity index (χ0v) is 10.8. The molecule has 1 atom stereocenters. The van der Waals surface area contributed by atoms with Gasteiger partial charge in [-0.25, -0.2) is 4.39 Å². The molecule has 2 rings (SSSR count). The van der Waals surface area contributed by atoms with Gasteiger partial charge in [0.15, 0.2) is 0 Å². The van der Waals surface area contributed by atoms with Crippen molar-refractivity contribution in [2.75, 3.05) is 13.1 Å². The Bertz CT molecular complexity index is 524. The van der Waals surface area contributed by atoms with E-state index in [9.17, 15) is 9.18 Å². The Balaban J connectivity index is 2.14. The maximum atomic E-state index is 13.3. The van der Waals surface area contributed by atoms with Crippen LogP contribution in [0.25, 0.3) is 0 Å². The number of likely N-dealkylation sites (N-methyl/N-ethyl adjacent to an activating group) is 1. The van der Waals surface area contributed by atoms with Gasteiger partial charge in [-0.2, -0.15) is 5.26 Å². The van der Waals surface area contributed by atoms with Crippen molar-refractivity contribution in [2.24, 2.45) is 0 Å². The van der Waals surface area contributed by atoms with Gasteiger partial charge in [0.1, 0.15) is 11.9 Å². The van der Waals surface area contributed by atoms with Crippen LogP contribution in [0.5, 0.6) is 0 Å². The molecule has 19 heavy (non-hydrogen) atoms. The van der Waals surface area contributed by atoms with Crippen molar-refractivity contribution < 1.29 is 9.18 Å². The molecule has 0 radical (unpaired) electrons. The second kappa shape index (κ2) is 5.81. The number of hydrogen-bond acceptors (Lipinski definition) is 3. The predicted molar refractivity (Wildman–Crippen MR) is 68.6 cm³/mol. The average molecular weight is 261 g/mol. The van der Waals surface area contributed by atoms with Gasteiger partial charge in [-0.3, -0.25) is 9.69 Å². The fourth-order valence-electron chi connectivity index (χ4n) is 2.36. The van der Waals surface area contributed by atoms with Crippen molar-refractivity contribution >= 4 is 5.91 Å². The maximum absolute atomic E-state index is 13.3. The molecule has 1 fully saturated rings.